The SMILES string of the molecule is c1ccc(-c2nc(-c3cccc4cc5oc6ccccc6c5cc34)nc3ccccc23)cc1. The Hall–Kier alpha value is -4.50. The van der Waals surface area contributed by atoms with Gasteiger partial charge in [0.05, 0.1) is 11.2 Å². The molecule has 0 atom stereocenters. The average Bonchev–Trinajstić information content (AvgIpc) is 3.24. The van der Waals surface area contributed by atoms with Crippen molar-refractivity contribution in [3.63, 3.8) is 0 Å². The number of rotatable bonds is 2. The number of aromatic nitrogens is 2. The van der Waals surface area contributed by atoms with Gasteiger partial charge in [-0.1, -0.05) is 84.9 Å². The quantitative estimate of drug-likeness (QED) is 0.283. The largest absolute Gasteiger partial charge is 0.456 e. The van der Waals surface area contributed by atoms with Crippen LogP contribution in [0.25, 0.3) is 66.3 Å². The number of hydrogen-bond donors (Lipinski definition) is 0. The number of hydrogen-bond acceptors (Lipinski definition) is 3. The van der Waals surface area contributed by atoms with Gasteiger partial charge in [0.15, 0.2) is 5.82 Å². The molecule has 7 aromatic rings. The molecular weight excluding hydrogens is 404 g/mol. The standard InChI is InChI=1S/C30H18N2O/c1-2-9-19(10-3-1)29-23-13-4-6-15-26(23)31-30(32-29)22-14-8-11-20-17-28-25(18-24(20)22)21-12-5-7-16-27(21)33-28/h1-18H. The molecule has 0 saturated heterocycles. The molecule has 0 amide bonds. The first-order valence-corrected chi connectivity index (χ1v) is 11.0. The molecule has 0 aliphatic carbocycles. The number of para-hydroxylation sites is 2. The van der Waals surface area contributed by atoms with E-state index in [4.69, 9.17) is 14.4 Å². The number of nitrogens with zero attached hydrogens (tertiary/aromatic N) is 2. The van der Waals surface area contributed by atoms with Crippen LogP contribution in [0.2, 0.25) is 0 Å². The Balaban J connectivity index is 1.55. The van der Waals surface area contributed by atoms with E-state index in [2.05, 4.69) is 60.7 Å². The van der Waals surface area contributed by atoms with E-state index in [0.717, 1.165) is 66.3 Å². The van der Waals surface area contributed by atoms with Crippen molar-refractivity contribution in [3.8, 4) is 22.6 Å². The summed E-state index contributed by atoms with van der Waals surface area (Å²) in [6, 6.07) is 37.3. The highest BCUT2D eigenvalue weighted by atomic mass is 16.3. The van der Waals surface area contributed by atoms with Gasteiger partial charge in [0.1, 0.15) is 11.2 Å². The highest BCUT2D eigenvalue weighted by Crippen LogP contribution is 2.36. The van der Waals surface area contributed by atoms with Gasteiger partial charge in [0, 0.05) is 27.3 Å². The Bertz CT molecular complexity index is 1820. The van der Waals surface area contributed by atoms with Gasteiger partial charge in [0.25, 0.3) is 0 Å². The molecule has 154 valence electrons. The molecular formula is C30H18N2O. The fraction of sp³-hybridized carbons (Fsp3) is 0. The Labute approximate surface area is 190 Å². The molecule has 0 aliphatic heterocycles. The number of benzene rings is 5. The molecule has 0 spiro atoms. The minimum absolute atomic E-state index is 0.727. The van der Waals surface area contributed by atoms with Gasteiger partial charge in [-0.15, -0.1) is 0 Å². The summed E-state index contributed by atoms with van der Waals surface area (Å²) in [7, 11) is 0. The van der Waals surface area contributed by atoms with Crippen LogP contribution in [0.15, 0.2) is 114 Å². The second kappa shape index (κ2) is 7.01. The molecule has 0 unspecified atom stereocenters. The van der Waals surface area contributed by atoms with Crippen LogP contribution in [0.1, 0.15) is 0 Å². The second-order valence-electron chi connectivity index (χ2n) is 8.25. The molecule has 7 rings (SSSR count). The molecule has 3 heteroatoms. The van der Waals surface area contributed by atoms with Crippen molar-refractivity contribution in [2.24, 2.45) is 0 Å². The summed E-state index contributed by atoms with van der Waals surface area (Å²) >= 11 is 0. The monoisotopic (exact) mass is 422 g/mol. The fourth-order valence-electron chi connectivity index (χ4n) is 4.70. The lowest BCUT2D eigenvalue weighted by molar-refractivity contribution is 0.669. The van der Waals surface area contributed by atoms with Crippen molar-refractivity contribution in [1.82, 2.24) is 9.97 Å². The molecule has 0 N–H and O–H groups in total. The van der Waals surface area contributed by atoms with Crippen LogP contribution in [-0.4, -0.2) is 9.97 Å². The van der Waals surface area contributed by atoms with E-state index < -0.39 is 0 Å². The fourth-order valence-corrected chi connectivity index (χ4v) is 4.70. The van der Waals surface area contributed by atoms with Crippen molar-refractivity contribution >= 4 is 43.6 Å². The summed E-state index contributed by atoms with van der Waals surface area (Å²) in [6.45, 7) is 0. The average molecular weight is 422 g/mol. The molecule has 0 saturated carbocycles. The van der Waals surface area contributed by atoms with Crippen LogP contribution in [0.4, 0.5) is 0 Å². The van der Waals surface area contributed by atoms with Crippen molar-refractivity contribution in [1.29, 1.82) is 0 Å². The maximum Gasteiger partial charge on any atom is 0.161 e. The summed E-state index contributed by atoms with van der Waals surface area (Å²) < 4.78 is 6.11. The van der Waals surface area contributed by atoms with E-state index in [1.54, 1.807) is 0 Å². The molecule has 0 fully saturated rings. The third-order valence-corrected chi connectivity index (χ3v) is 6.27. The molecule has 5 aromatic carbocycles. The molecule has 33 heavy (non-hydrogen) atoms. The molecule has 0 aliphatic rings. The highest BCUT2D eigenvalue weighted by Gasteiger charge is 2.15. The normalized spacial score (nSPS) is 11.6. The van der Waals surface area contributed by atoms with Gasteiger partial charge in [0.2, 0.25) is 0 Å². The maximum atomic E-state index is 6.11. The maximum absolute atomic E-state index is 6.11. The molecule has 2 heterocycles. The molecule has 0 bridgehead atoms. The van der Waals surface area contributed by atoms with E-state index in [0.29, 0.717) is 0 Å². The number of furan rings is 1. The Kier molecular flexibility index (Phi) is 3.84. The number of fused-ring (bicyclic) bond motifs is 5. The molecule has 0 radical (unpaired) electrons. The zero-order valence-electron chi connectivity index (χ0n) is 17.7. The van der Waals surface area contributed by atoms with Crippen LogP contribution in [0.3, 0.4) is 0 Å². The predicted molar refractivity (Wildman–Crippen MR) is 135 cm³/mol. The van der Waals surface area contributed by atoms with Gasteiger partial charge < -0.3 is 4.42 Å². The lowest BCUT2D eigenvalue weighted by Crippen LogP contribution is -1.95. The van der Waals surface area contributed by atoms with Crippen molar-refractivity contribution in [3.05, 3.63) is 109 Å². The zero-order chi connectivity index (χ0) is 21.8. The van der Waals surface area contributed by atoms with Crippen molar-refractivity contribution < 1.29 is 4.42 Å². The van der Waals surface area contributed by atoms with Gasteiger partial charge in [-0.3, -0.25) is 0 Å². The van der Waals surface area contributed by atoms with Crippen molar-refractivity contribution in [2.75, 3.05) is 0 Å². The third-order valence-electron chi connectivity index (χ3n) is 6.27. The minimum Gasteiger partial charge on any atom is -0.456 e. The lowest BCUT2D eigenvalue weighted by atomic mass is 10.00. The molecule has 3 nitrogen and oxygen atoms in total. The van der Waals surface area contributed by atoms with Crippen LogP contribution in [0, 0.1) is 0 Å². The summed E-state index contributed by atoms with van der Waals surface area (Å²) in [5.41, 5.74) is 5.78. The first-order chi connectivity index (χ1) is 16.3. The van der Waals surface area contributed by atoms with Gasteiger partial charge in [-0.25, -0.2) is 9.97 Å². The molecule has 2 aromatic heterocycles. The summed E-state index contributed by atoms with van der Waals surface area (Å²) in [5, 5.41) is 5.50. The lowest BCUT2D eigenvalue weighted by Gasteiger charge is -2.11. The van der Waals surface area contributed by atoms with E-state index >= 15 is 0 Å². The van der Waals surface area contributed by atoms with E-state index in [9.17, 15) is 0 Å². The summed E-state index contributed by atoms with van der Waals surface area (Å²) in [5.74, 6) is 0.727. The minimum atomic E-state index is 0.727. The van der Waals surface area contributed by atoms with Crippen LogP contribution >= 0.6 is 0 Å². The van der Waals surface area contributed by atoms with Crippen molar-refractivity contribution in [2.45, 2.75) is 0 Å². The van der Waals surface area contributed by atoms with Gasteiger partial charge >= 0.3 is 0 Å². The van der Waals surface area contributed by atoms with Crippen LogP contribution < -0.4 is 0 Å². The van der Waals surface area contributed by atoms with Crippen LogP contribution in [-0.2, 0) is 0 Å². The smallest absolute Gasteiger partial charge is 0.161 e. The van der Waals surface area contributed by atoms with Gasteiger partial charge in [-0.05, 0) is 35.0 Å². The first kappa shape index (κ1) is 18.1. The van der Waals surface area contributed by atoms with E-state index in [1.807, 2.05) is 48.5 Å². The Morgan fingerprint density at radius 1 is 0.515 bits per heavy atom. The highest BCUT2D eigenvalue weighted by molar-refractivity contribution is 6.12. The third kappa shape index (κ3) is 2.83. The second-order valence-corrected chi connectivity index (χ2v) is 8.25. The predicted octanol–water partition coefficient (Wildman–Crippen LogP) is 8.02. The van der Waals surface area contributed by atoms with Gasteiger partial charge in [-0.2, -0.15) is 0 Å². The van der Waals surface area contributed by atoms with E-state index in [1.165, 1.54) is 0 Å². The summed E-state index contributed by atoms with van der Waals surface area (Å²) in [4.78, 5) is 10.1. The Morgan fingerprint density at radius 3 is 2.21 bits per heavy atom. The summed E-state index contributed by atoms with van der Waals surface area (Å²) in [6.07, 6.45) is 0. The first-order valence-electron chi connectivity index (χ1n) is 11.0. The van der Waals surface area contributed by atoms with Crippen LogP contribution in [0.5, 0.6) is 0 Å². The topological polar surface area (TPSA) is 38.9 Å². The van der Waals surface area contributed by atoms with E-state index in [-0.39, 0.29) is 0 Å². The zero-order valence-corrected chi connectivity index (χ0v) is 17.7. The Morgan fingerprint density at radius 2 is 1.30 bits per heavy atom.